The van der Waals surface area contributed by atoms with E-state index in [1.807, 2.05) is 13.0 Å². The van der Waals surface area contributed by atoms with Crippen LogP contribution in [0, 0.1) is 18.6 Å². The zero-order valence-corrected chi connectivity index (χ0v) is 14.7. The predicted molar refractivity (Wildman–Crippen MR) is 93.8 cm³/mol. The zero-order valence-electron chi connectivity index (χ0n) is 14.7. The number of carbonyl (C=O) groups is 3. The van der Waals surface area contributed by atoms with E-state index in [9.17, 15) is 23.2 Å². The van der Waals surface area contributed by atoms with Crippen LogP contribution in [0.4, 0.5) is 19.3 Å². The summed E-state index contributed by atoms with van der Waals surface area (Å²) in [6.45, 7) is 2.73. The first kappa shape index (κ1) is 18.5. The first-order chi connectivity index (χ1) is 12.7. The van der Waals surface area contributed by atoms with Crippen LogP contribution in [0.25, 0.3) is 0 Å². The second-order valence-corrected chi connectivity index (χ2v) is 6.49. The molecule has 1 aliphatic rings. The summed E-state index contributed by atoms with van der Waals surface area (Å²) < 4.78 is 26.7. The number of nitrogens with one attached hydrogen (secondary N) is 2. The van der Waals surface area contributed by atoms with Crippen LogP contribution in [0.2, 0.25) is 0 Å². The zero-order chi connectivity index (χ0) is 19.8. The quantitative estimate of drug-likeness (QED) is 0.809. The normalized spacial score (nSPS) is 19.2. The lowest BCUT2D eigenvalue weighted by atomic mass is 9.92. The van der Waals surface area contributed by atoms with E-state index < -0.39 is 41.6 Å². The summed E-state index contributed by atoms with van der Waals surface area (Å²) in [5.41, 5.74) is -0.0274. The smallest absolute Gasteiger partial charge is 0.325 e. The second kappa shape index (κ2) is 6.79. The molecule has 0 aliphatic carbocycles. The van der Waals surface area contributed by atoms with Gasteiger partial charge < -0.3 is 10.6 Å². The number of amides is 4. The number of carbonyl (C=O) groups excluding carboxylic acids is 3. The van der Waals surface area contributed by atoms with Crippen molar-refractivity contribution in [3.8, 4) is 0 Å². The highest BCUT2D eigenvalue weighted by Gasteiger charge is 2.49. The van der Waals surface area contributed by atoms with E-state index in [0.29, 0.717) is 5.69 Å². The third kappa shape index (κ3) is 3.51. The van der Waals surface area contributed by atoms with Crippen LogP contribution >= 0.6 is 0 Å². The topological polar surface area (TPSA) is 78.5 Å². The van der Waals surface area contributed by atoms with Gasteiger partial charge in [0.15, 0.2) is 11.6 Å². The summed E-state index contributed by atoms with van der Waals surface area (Å²) >= 11 is 0. The first-order valence-corrected chi connectivity index (χ1v) is 8.17. The van der Waals surface area contributed by atoms with E-state index in [0.717, 1.165) is 22.6 Å². The van der Waals surface area contributed by atoms with Crippen molar-refractivity contribution in [1.29, 1.82) is 0 Å². The van der Waals surface area contributed by atoms with Gasteiger partial charge in [-0.2, -0.15) is 0 Å². The summed E-state index contributed by atoms with van der Waals surface area (Å²) in [6, 6.07) is 9.21. The Morgan fingerprint density at radius 3 is 2.56 bits per heavy atom. The van der Waals surface area contributed by atoms with Gasteiger partial charge in [-0.3, -0.25) is 14.5 Å². The van der Waals surface area contributed by atoms with E-state index in [1.165, 1.54) is 13.0 Å². The Hall–Kier alpha value is -3.29. The van der Waals surface area contributed by atoms with Gasteiger partial charge in [-0.15, -0.1) is 0 Å². The number of anilines is 1. The summed E-state index contributed by atoms with van der Waals surface area (Å²) in [6.07, 6.45) is 0. The highest BCUT2D eigenvalue weighted by atomic mass is 19.2. The molecule has 0 aromatic heterocycles. The molecule has 0 saturated carbocycles. The lowest BCUT2D eigenvalue weighted by Gasteiger charge is -2.22. The van der Waals surface area contributed by atoms with Gasteiger partial charge in [0.1, 0.15) is 12.1 Å². The van der Waals surface area contributed by atoms with Gasteiger partial charge in [-0.1, -0.05) is 18.2 Å². The summed E-state index contributed by atoms with van der Waals surface area (Å²) in [5, 5.41) is 5.05. The molecule has 6 nitrogen and oxygen atoms in total. The monoisotopic (exact) mass is 373 g/mol. The predicted octanol–water partition coefficient (Wildman–Crippen LogP) is 2.68. The molecule has 1 aliphatic heterocycles. The Morgan fingerprint density at radius 1 is 1.15 bits per heavy atom. The number of imide groups is 1. The molecule has 140 valence electrons. The minimum absolute atomic E-state index is 0.0846. The van der Waals surface area contributed by atoms with Crippen molar-refractivity contribution >= 4 is 23.5 Å². The maximum absolute atomic E-state index is 13.5. The average Bonchev–Trinajstić information content (AvgIpc) is 2.81. The van der Waals surface area contributed by atoms with Crippen LogP contribution in [0.1, 0.15) is 18.1 Å². The van der Waals surface area contributed by atoms with E-state index >= 15 is 0 Å². The SMILES string of the molecule is Cc1cccc(NC(=O)CN2C(=O)NC(C)(c3ccc(F)c(F)c3)C2=O)c1. The number of hydrogen-bond donors (Lipinski definition) is 2. The van der Waals surface area contributed by atoms with E-state index in [2.05, 4.69) is 10.6 Å². The molecule has 8 heteroatoms. The third-order valence-corrected chi connectivity index (χ3v) is 4.38. The van der Waals surface area contributed by atoms with E-state index in [1.54, 1.807) is 18.2 Å². The fraction of sp³-hybridized carbons (Fsp3) is 0.211. The highest BCUT2D eigenvalue weighted by molar-refractivity contribution is 6.10. The molecule has 1 saturated heterocycles. The van der Waals surface area contributed by atoms with Crippen molar-refractivity contribution in [3.63, 3.8) is 0 Å². The van der Waals surface area contributed by atoms with Crippen LogP contribution in [0.5, 0.6) is 0 Å². The maximum atomic E-state index is 13.5. The Bertz CT molecular complexity index is 948. The fourth-order valence-electron chi connectivity index (χ4n) is 2.91. The van der Waals surface area contributed by atoms with Crippen molar-refractivity contribution < 1.29 is 23.2 Å². The molecule has 0 spiro atoms. The molecule has 4 amide bonds. The largest absolute Gasteiger partial charge is 0.325 e. The van der Waals surface area contributed by atoms with Crippen molar-refractivity contribution in [2.45, 2.75) is 19.4 Å². The lowest BCUT2D eigenvalue weighted by molar-refractivity contribution is -0.133. The van der Waals surface area contributed by atoms with Gasteiger partial charge in [-0.05, 0) is 49.2 Å². The van der Waals surface area contributed by atoms with Crippen molar-refractivity contribution in [2.24, 2.45) is 0 Å². The molecular formula is C19H17F2N3O3. The lowest BCUT2D eigenvalue weighted by Crippen LogP contribution is -2.42. The van der Waals surface area contributed by atoms with Crippen molar-refractivity contribution in [1.82, 2.24) is 10.2 Å². The molecule has 0 bridgehead atoms. The van der Waals surface area contributed by atoms with Gasteiger partial charge in [0.05, 0.1) is 0 Å². The molecule has 1 heterocycles. The van der Waals surface area contributed by atoms with Crippen LogP contribution < -0.4 is 10.6 Å². The van der Waals surface area contributed by atoms with Crippen LogP contribution in [0.15, 0.2) is 42.5 Å². The molecule has 1 fully saturated rings. The number of rotatable bonds is 4. The number of aryl methyl sites for hydroxylation is 1. The van der Waals surface area contributed by atoms with Gasteiger partial charge in [-0.25, -0.2) is 13.6 Å². The number of hydrogen-bond acceptors (Lipinski definition) is 3. The molecule has 1 atom stereocenters. The number of nitrogens with zero attached hydrogens (tertiary/aromatic N) is 1. The molecule has 3 rings (SSSR count). The molecule has 1 unspecified atom stereocenters. The van der Waals surface area contributed by atoms with E-state index in [4.69, 9.17) is 0 Å². The number of benzene rings is 2. The summed E-state index contributed by atoms with van der Waals surface area (Å²) in [7, 11) is 0. The average molecular weight is 373 g/mol. The van der Waals surface area contributed by atoms with Gasteiger partial charge >= 0.3 is 6.03 Å². The molecule has 2 N–H and O–H groups in total. The summed E-state index contributed by atoms with van der Waals surface area (Å²) in [5.74, 6) is -3.48. The molecular weight excluding hydrogens is 356 g/mol. The Kier molecular flexibility index (Phi) is 4.65. The molecule has 0 radical (unpaired) electrons. The minimum atomic E-state index is -1.59. The maximum Gasteiger partial charge on any atom is 0.325 e. The Balaban J connectivity index is 1.77. The minimum Gasteiger partial charge on any atom is -0.325 e. The van der Waals surface area contributed by atoms with Gasteiger partial charge in [0, 0.05) is 5.69 Å². The first-order valence-electron chi connectivity index (χ1n) is 8.17. The second-order valence-electron chi connectivity index (χ2n) is 6.49. The van der Waals surface area contributed by atoms with Crippen molar-refractivity contribution in [3.05, 3.63) is 65.2 Å². The number of urea groups is 1. The van der Waals surface area contributed by atoms with Crippen LogP contribution in [-0.4, -0.2) is 29.3 Å². The molecule has 2 aromatic carbocycles. The van der Waals surface area contributed by atoms with Gasteiger partial charge in [0.25, 0.3) is 5.91 Å². The van der Waals surface area contributed by atoms with Crippen LogP contribution in [0.3, 0.4) is 0 Å². The molecule has 27 heavy (non-hydrogen) atoms. The number of halogens is 2. The summed E-state index contributed by atoms with van der Waals surface area (Å²) in [4.78, 5) is 37.9. The van der Waals surface area contributed by atoms with Gasteiger partial charge in [0.2, 0.25) is 5.91 Å². The fourth-order valence-corrected chi connectivity index (χ4v) is 2.91. The highest BCUT2D eigenvalue weighted by Crippen LogP contribution is 2.29. The van der Waals surface area contributed by atoms with E-state index in [-0.39, 0.29) is 5.56 Å². The Morgan fingerprint density at radius 2 is 1.89 bits per heavy atom. The molecule has 2 aromatic rings. The van der Waals surface area contributed by atoms with Crippen LogP contribution in [-0.2, 0) is 15.1 Å². The third-order valence-electron chi connectivity index (χ3n) is 4.38. The van der Waals surface area contributed by atoms with Crippen molar-refractivity contribution in [2.75, 3.05) is 11.9 Å². The standard InChI is InChI=1S/C19H17F2N3O3/c1-11-4-3-5-13(8-11)22-16(25)10-24-17(26)19(2,23-18(24)27)12-6-7-14(20)15(21)9-12/h3-9H,10H2,1-2H3,(H,22,25)(H,23,27). The Labute approximate surface area is 154 Å².